The second-order valence-corrected chi connectivity index (χ2v) is 5.40. The van der Waals surface area contributed by atoms with E-state index in [1.165, 1.54) is 0 Å². The molecular formula is C16H27N3O2. The summed E-state index contributed by atoms with van der Waals surface area (Å²) < 4.78 is 11.0. The number of methoxy groups -OCH3 is 1. The molecule has 1 aromatic heterocycles. The summed E-state index contributed by atoms with van der Waals surface area (Å²) in [6.45, 7) is 8.05. The number of aromatic nitrogens is 1. The Hall–Kier alpha value is -1.78. The van der Waals surface area contributed by atoms with Crippen molar-refractivity contribution in [3.8, 4) is 11.6 Å². The molecule has 0 atom stereocenters. The molecule has 1 aromatic rings. The average Bonchev–Trinajstić information content (AvgIpc) is 2.49. The molecule has 0 spiro atoms. The molecule has 21 heavy (non-hydrogen) atoms. The summed E-state index contributed by atoms with van der Waals surface area (Å²) in [6.07, 6.45) is 5.64. The Morgan fingerprint density at radius 2 is 2.19 bits per heavy atom. The minimum Gasteiger partial charge on any atom is -0.491 e. The zero-order valence-electron chi connectivity index (χ0n) is 13.8. The predicted molar refractivity (Wildman–Crippen MR) is 86.8 cm³/mol. The maximum absolute atomic E-state index is 5.68. The number of rotatable bonds is 9. The lowest BCUT2D eigenvalue weighted by Crippen LogP contribution is -2.14. The highest BCUT2D eigenvalue weighted by Crippen LogP contribution is 2.28. The van der Waals surface area contributed by atoms with Gasteiger partial charge in [-0.2, -0.15) is 0 Å². The van der Waals surface area contributed by atoms with Crippen LogP contribution in [0, 0.1) is 5.92 Å². The first-order valence-corrected chi connectivity index (χ1v) is 7.48. The minimum absolute atomic E-state index is 0.532. The smallest absolute Gasteiger partial charge is 0.257 e. The first-order valence-electron chi connectivity index (χ1n) is 7.48. The Bertz CT molecular complexity index is 447. The first kappa shape index (κ1) is 17.3. The van der Waals surface area contributed by atoms with Gasteiger partial charge in [0.1, 0.15) is 0 Å². The number of pyridine rings is 1. The molecule has 0 saturated heterocycles. The van der Waals surface area contributed by atoms with Gasteiger partial charge in [-0.05, 0) is 25.7 Å². The fourth-order valence-corrected chi connectivity index (χ4v) is 1.65. The van der Waals surface area contributed by atoms with Crippen molar-refractivity contribution in [2.45, 2.75) is 33.6 Å². The van der Waals surface area contributed by atoms with Gasteiger partial charge in [0.15, 0.2) is 5.75 Å². The number of hydrogen-bond acceptors (Lipinski definition) is 4. The van der Waals surface area contributed by atoms with Crippen molar-refractivity contribution in [3.05, 3.63) is 12.3 Å². The van der Waals surface area contributed by atoms with Crippen LogP contribution in [0.5, 0.6) is 11.6 Å². The summed E-state index contributed by atoms with van der Waals surface area (Å²) in [4.78, 5) is 10.6. The lowest BCUT2D eigenvalue weighted by atomic mass is 10.1. The van der Waals surface area contributed by atoms with Crippen molar-refractivity contribution >= 4 is 12.0 Å². The summed E-state index contributed by atoms with van der Waals surface area (Å²) in [5.74, 6) is 1.84. The monoisotopic (exact) mass is 293 g/mol. The van der Waals surface area contributed by atoms with Crippen LogP contribution in [0.1, 0.15) is 33.6 Å². The molecule has 0 aliphatic carbocycles. The number of ether oxygens (including phenoxy) is 2. The van der Waals surface area contributed by atoms with Crippen LogP contribution in [0.4, 0.5) is 5.69 Å². The van der Waals surface area contributed by atoms with E-state index in [2.05, 4.69) is 30.7 Å². The fourth-order valence-electron chi connectivity index (χ4n) is 1.65. The second kappa shape index (κ2) is 9.21. The van der Waals surface area contributed by atoms with Crippen molar-refractivity contribution < 1.29 is 9.47 Å². The molecule has 5 heteroatoms. The molecule has 0 saturated carbocycles. The zero-order chi connectivity index (χ0) is 15.7. The first-order chi connectivity index (χ1) is 10.1. The van der Waals surface area contributed by atoms with E-state index in [-0.39, 0.29) is 0 Å². The van der Waals surface area contributed by atoms with Crippen LogP contribution in [0.2, 0.25) is 0 Å². The molecule has 0 bridgehead atoms. The maximum Gasteiger partial charge on any atom is 0.257 e. The van der Waals surface area contributed by atoms with Gasteiger partial charge in [0.25, 0.3) is 5.88 Å². The van der Waals surface area contributed by atoms with E-state index < -0.39 is 0 Å². The molecule has 0 fully saturated rings. The lowest BCUT2D eigenvalue weighted by Gasteiger charge is -2.11. The Kier molecular flexibility index (Phi) is 7.58. The Labute approximate surface area is 128 Å². The van der Waals surface area contributed by atoms with Crippen LogP contribution in [-0.2, 0) is 0 Å². The van der Waals surface area contributed by atoms with Crippen molar-refractivity contribution in [1.82, 2.24) is 9.88 Å². The van der Waals surface area contributed by atoms with Gasteiger partial charge in [0.2, 0.25) is 0 Å². The molecule has 0 aromatic carbocycles. The van der Waals surface area contributed by atoms with E-state index >= 15 is 0 Å². The van der Waals surface area contributed by atoms with Crippen molar-refractivity contribution in [3.63, 3.8) is 0 Å². The molecule has 0 unspecified atom stereocenters. The molecule has 1 rings (SSSR count). The molecule has 0 aliphatic rings. The van der Waals surface area contributed by atoms with Crippen LogP contribution in [0.15, 0.2) is 17.3 Å². The third-order valence-corrected chi connectivity index (χ3v) is 3.09. The van der Waals surface area contributed by atoms with E-state index in [1.807, 2.05) is 18.0 Å². The molecule has 0 aliphatic heterocycles. The average molecular weight is 293 g/mol. The van der Waals surface area contributed by atoms with Crippen molar-refractivity contribution in [2.75, 3.05) is 27.3 Å². The Morgan fingerprint density at radius 3 is 2.81 bits per heavy atom. The van der Waals surface area contributed by atoms with E-state index in [0.717, 1.165) is 25.1 Å². The van der Waals surface area contributed by atoms with Crippen LogP contribution in [0.25, 0.3) is 0 Å². The van der Waals surface area contributed by atoms with Crippen LogP contribution in [0.3, 0.4) is 0 Å². The highest BCUT2D eigenvalue weighted by molar-refractivity contribution is 5.61. The van der Waals surface area contributed by atoms with E-state index in [9.17, 15) is 0 Å². The standard InChI is InChI=1S/C16H27N3O2/c1-6-19(4)12-18-14-10-15(20-5)16(17-11-14)21-9-7-8-13(2)3/h10-13H,6-9H2,1-5H3/b18-12+. The van der Waals surface area contributed by atoms with E-state index in [1.54, 1.807) is 19.6 Å². The van der Waals surface area contributed by atoms with Crippen LogP contribution < -0.4 is 9.47 Å². The number of hydrogen-bond donors (Lipinski definition) is 0. The third-order valence-electron chi connectivity index (χ3n) is 3.09. The van der Waals surface area contributed by atoms with Crippen LogP contribution in [-0.4, -0.2) is 43.5 Å². The third kappa shape index (κ3) is 6.47. The number of aliphatic imine (C=N–C) groups is 1. The van der Waals surface area contributed by atoms with Gasteiger partial charge < -0.3 is 14.4 Å². The summed E-state index contributed by atoms with van der Waals surface area (Å²) in [6, 6.07) is 1.84. The summed E-state index contributed by atoms with van der Waals surface area (Å²) in [5, 5.41) is 0. The molecule has 1 heterocycles. The lowest BCUT2D eigenvalue weighted by molar-refractivity contribution is 0.269. The number of nitrogens with zero attached hydrogens (tertiary/aromatic N) is 3. The predicted octanol–water partition coefficient (Wildman–Crippen LogP) is 3.52. The van der Waals surface area contributed by atoms with Crippen LogP contribution >= 0.6 is 0 Å². The molecular weight excluding hydrogens is 266 g/mol. The Balaban J connectivity index is 2.64. The normalized spacial score (nSPS) is 11.1. The topological polar surface area (TPSA) is 47.0 Å². The minimum atomic E-state index is 0.532. The summed E-state index contributed by atoms with van der Waals surface area (Å²) in [7, 11) is 3.59. The van der Waals surface area contributed by atoms with Gasteiger partial charge in [0.05, 0.1) is 31.9 Å². The summed E-state index contributed by atoms with van der Waals surface area (Å²) >= 11 is 0. The molecule has 0 radical (unpaired) electrons. The van der Waals surface area contributed by atoms with Gasteiger partial charge in [-0.1, -0.05) is 13.8 Å². The fraction of sp³-hybridized carbons (Fsp3) is 0.625. The molecule has 5 nitrogen and oxygen atoms in total. The van der Waals surface area contributed by atoms with Gasteiger partial charge >= 0.3 is 0 Å². The second-order valence-electron chi connectivity index (χ2n) is 5.40. The molecule has 0 N–H and O–H groups in total. The van der Waals surface area contributed by atoms with Gasteiger partial charge in [-0.3, -0.25) is 0 Å². The van der Waals surface area contributed by atoms with Crippen molar-refractivity contribution in [1.29, 1.82) is 0 Å². The largest absolute Gasteiger partial charge is 0.491 e. The Morgan fingerprint density at radius 1 is 1.43 bits per heavy atom. The molecule has 118 valence electrons. The van der Waals surface area contributed by atoms with Gasteiger partial charge in [-0.25, -0.2) is 9.98 Å². The van der Waals surface area contributed by atoms with E-state index in [0.29, 0.717) is 24.2 Å². The highest BCUT2D eigenvalue weighted by Gasteiger charge is 2.07. The van der Waals surface area contributed by atoms with Crippen molar-refractivity contribution in [2.24, 2.45) is 10.9 Å². The SMILES string of the molecule is CCN(C)/C=N/c1cnc(OCCCC(C)C)c(OC)c1. The van der Waals surface area contributed by atoms with Gasteiger partial charge in [-0.15, -0.1) is 0 Å². The highest BCUT2D eigenvalue weighted by atomic mass is 16.5. The summed E-state index contributed by atoms with van der Waals surface area (Å²) in [5.41, 5.74) is 0.752. The molecule has 0 amide bonds. The maximum atomic E-state index is 5.68. The van der Waals surface area contributed by atoms with E-state index in [4.69, 9.17) is 9.47 Å². The zero-order valence-corrected chi connectivity index (χ0v) is 13.8. The quantitative estimate of drug-likeness (QED) is 0.397. The van der Waals surface area contributed by atoms with Gasteiger partial charge in [0, 0.05) is 19.7 Å².